The molecule has 0 aliphatic rings. The van der Waals surface area contributed by atoms with Gasteiger partial charge in [-0.3, -0.25) is 4.79 Å². The number of aryl methyl sites for hydroxylation is 2. The van der Waals surface area contributed by atoms with E-state index in [-0.39, 0.29) is 5.56 Å². The lowest BCUT2D eigenvalue weighted by molar-refractivity contribution is 0.686. The van der Waals surface area contributed by atoms with Crippen molar-refractivity contribution in [3.8, 4) is 0 Å². The van der Waals surface area contributed by atoms with Crippen LogP contribution in [0.4, 0.5) is 0 Å². The minimum atomic E-state index is -0.0628. The lowest BCUT2D eigenvalue weighted by Gasteiger charge is -2.01. The molecule has 0 fully saturated rings. The molecule has 0 atom stereocenters. The van der Waals surface area contributed by atoms with E-state index in [1.165, 1.54) is 4.68 Å². The summed E-state index contributed by atoms with van der Waals surface area (Å²) in [6.07, 6.45) is 0. The van der Waals surface area contributed by atoms with Crippen LogP contribution in [0.5, 0.6) is 0 Å². The molecular formula is C7H9BrN2O. The molecule has 0 aliphatic heterocycles. The van der Waals surface area contributed by atoms with Crippen molar-refractivity contribution >= 4 is 15.9 Å². The third-order valence-corrected chi connectivity index (χ3v) is 2.04. The summed E-state index contributed by atoms with van der Waals surface area (Å²) in [5.74, 6) is 0. The molecule has 0 radical (unpaired) electrons. The van der Waals surface area contributed by atoms with Gasteiger partial charge >= 0.3 is 0 Å². The lowest BCUT2D eigenvalue weighted by Crippen LogP contribution is -2.20. The van der Waals surface area contributed by atoms with E-state index in [9.17, 15) is 4.79 Å². The van der Waals surface area contributed by atoms with Crippen molar-refractivity contribution in [2.45, 2.75) is 12.3 Å². The van der Waals surface area contributed by atoms with Gasteiger partial charge in [0.05, 0.1) is 5.69 Å². The maximum atomic E-state index is 11.0. The molecule has 0 bridgehead atoms. The van der Waals surface area contributed by atoms with Gasteiger partial charge in [-0.05, 0) is 12.5 Å². The Labute approximate surface area is 73.2 Å². The molecule has 0 aromatic carbocycles. The summed E-state index contributed by atoms with van der Waals surface area (Å²) in [5.41, 5.74) is 1.78. The minimum Gasteiger partial charge on any atom is -0.268 e. The van der Waals surface area contributed by atoms with Gasteiger partial charge in [0.25, 0.3) is 5.56 Å². The molecule has 1 heterocycles. The van der Waals surface area contributed by atoms with E-state index in [1.54, 1.807) is 13.1 Å². The SMILES string of the molecule is Cc1cc(=O)n(C)nc1CBr. The first kappa shape index (κ1) is 8.46. The molecule has 0 amide bonds. The quantitative estimate of drug-likeness (QED) is 0.657. The molecule has 4 heteroatoms. The Bertz CT molecular complexity index is 319. The second-order valence-electron chi connectivity index (χ2n) is 2.37. The van der Waals surface area contributed by atoms with Crippen LogP contribution in [0.1, 0.15) is 11.3 Å². The number of hydrogen-bond acceptors (Lipinski definition) is 2. The summed E-state index contributed by atoms with van der Waals surface area (Å²) in [6, 6.07) is 1.59. The molecule has 0 aliphatic carbocycles. The van der Waals surface area contributed by atoms with Crippen LogP contribution in [0.2, 0.25) is 0 Å². The normalized spacial score (nSPS) is 10.1. The summed E-state index contributed by atoms with van der Waals surface area (Å²) in [5, 5.41) is 4.74. The zero-order chi connectivity index (χ0) is 8.43. The van der Waals surface area contributed by atoms with Crippen molar-refractivity contribution < 1.29 is 0 Å². The molecule has 1 aromatic heterocycles. The predicted molar refractivity (Wildman–Crippen MR) is 46.8 cm³/mol. The monoisotopic (exact) mass is 216 g/mol. The first-order valence-corrected chi connectivity index (χ1v) is 4.37. The van der Waals surface area contributed by atoms with Gasteiger partial charge in [0.1, 0.15) is 0 Å². The Morgan fingerprint density at radius 1 is 1.73 bits per heavy atom. The highest BCUT2D eigenvalue weighted by Gasteiger charge is 1.99. The number of aromatic nitrogens is 2. The molecule has 3 nitrogen and oxygen atoms in total. The summed E-state index contributed by atoms with van der Waals surface area (Å²) in [4.78, 5) is 11.0. The summed E-state index contributed by atoms with van der Waals surface area (Å²) in [6.45, 7) is 1.88. The van der Waals surface area contributed by atoms with Crippen LogP contribution in [-0.4, -0.2) is 9.78 Å². The van der Waals surface area contributed by atoms with Gasteiger partial charge in [0.15, 0.2) is 0 Å². The Balaban J connectivity index is 3.32. The van der Waals surface area contributed by atoms with Gasteiger partial charge in [-0.15, -0.1) is 0 Å². The summed E-state index contributed by atoms with van der Waals surface area (Å²) >= 11 is 3.29. The van der Waals surface area contributed by atoms with Crippen molar-refractivity contribution in [1.29, 1.82) is 0 Å². The van der Waals surface area contributed by atoms with Gasteiger partial charge < -0.3 is 0 Å². The smallest absolute Gasteiger partial charge is 0.266 e. The van der Waals surface area contributed by atoms with Crippen LogP contribution in [-0.2, 0) is 12.4 Å². The molecule has 0 saturated carbocycles. The highest BCUT2D eigenvalue weighted by molar-refractivity contribution is 9.08. The first-order chi connectivity index (χ1) is 5.15. The van der Waals surface area contributed by atoms with Crippen LogP contribution >= 0.6 is 15.9 Å². The number of hydrogen-bond donors (Lipinski definition) is 0. The van der Waals surface area contributed by atoms with Gasteiger partial charge in [-0.1, -0.05) is 15.9 Å². The summed E-state index contributed by atoms with van der Waals surface area (Å²) in [7, 11) is 1.65. The maximum Gasteiger partial charge on any atom is 0.266 e. The second kappa shape index (κ2) is 3.17. The predicted octanol–water partition coefficient (Wildman–Crippen LogP) is 0.984. The van der Waals surface area contributed by atoms with Crippen molar-refractivity contribution in [3.05, 3.63) is 27.7 Å². The van der Waals surface area contributed by atoms with Gasteiger partial charge in [-0.2, -0.15) is 5.10 Å². The van der Waals surface area contributed by atoms with E-state index in [1.807, 2.05) is 6.92 Å². The van der Waals surface area contributed by atoms with Gasteiger partial charge in [0.2, 0.25) is 0 Å². The largest absolute Gasteiger partial charge is 0.268 e. The minimum absolute atomic E-state index is 0.0628. The van der Waals surface area contributed by atoms with Crippen LogP contribution in [0.25, 0.3) is 0 Å². The van der Waals surface area contributed by atoms with Crippen molar-refractivity contribution in [1.82, 2.24) is 9.78 Å². The van der Waals surface area contributed by atoms with E-state index in [0.717, 1.165) is 11.3 Å². The average Bonchev–Trinajstić information content (AvgIpc) is 1.97. The van der Waals surface area contributed by atoms with E-state index in [4.69, 9.17) is 0 Å². The van der Waals surface area contributed by atoms with E-state index >= 15 is 0 Å². The standard InChI is InChI=1S/C7H9BrN2O/c1-5-3-7(11)10(2)9-6(5)4-8/h3H,4H2,1-2H3. The maximum absolute atomic E-state index is 11.0. The van der Waals surface area contributed by atoms with E-state index in [2.05, 4.69) is 21.0 Å². The Kier molecular flexibility index (Phi) is 2.44. The van der Waals surface area contributed by atoms with Crippen LogP contribution < -0.4 is 5.56 Å². The lowest BCUT2D eigenvalue weighted by atomic mass is 10.2. The van der Waals surface area contributed by atoms with Gasteiger partial charge in [0, 0.05) is 18.4 Å². The summed E-state index contributed by atoms with van der Waals surface area (Å²) < 4.78 is 1.34. The zero-order valence-electron chi connectivity index (χ0n) is 6.47. The second-order valence-corrected chi connectivity index (χ2v) is 2.93. The number of alkyl halides is 1. The molecule has 60 valence electrons. The Morgan fingerprint density at radius 3 is 2.91 bits per heavy atom. The molecule has 0 spiro atoms. The Morgan fingerprint density at radius 2 is 2.36 bits per heavy atom. The van der Waals surface area contributed by atoms with Crippen molar-refractivity contribution in [3.63, 3.8) is 0 Å². The fourth-order valence-corrected chi connectivity index (χ4v) is 1.36. The molecular weight excluding hydrogens is 208 g/mol. The Hall–Kier alpha value is -0.640. The molecule has 0 saturated heterocycles. The van der Waals surface area contributed by atoms with Crippen LogP contribution in [0.15, 0.2) is 10.9 Å². The zero-order valence-corrected chi connectivity index (χ0v) is 8.05. The third-order valence-electron chi connectivity index (χ3n) is 1.51. The average molecular weight is 217 g/mol. The fraction of sp³-hybridized carbons (Fsp3) is 0.429. The fourth-order valence-electron chi connectivity index (χ4n) is 0.803. The highest BCUT2D eigenvalue weighted by Crippen LogP contribution is 2.04. The van der Waals surface area contributed by atoms with Crippen molar-refractivity contribution in [2.24, 2.45) is 7.05 Å². The topological polar surface area (TPSA) is 34.9 Å². The van der Waals surface area contributed by atoms with Gasteiger partial charge in [-0.25, -0.2) is 4.68 Å². The molecule has 0 unspecified atom stereocenters. The first-order valence-electron chi connectivity index (χ1n) is 3.25. The van der Waals surface area contributed by atoms with Crippen LogP contribution in [0, 0.1) is 6.92 Å². The van der Waals surface area contributed by atoms with Crippen molar-refractivity contribution in [2.75, 3.05) is 0 Å². The molecule has 11 heavy (non-hydrogen) atoms. The number of rotatable bonds is 1. The molecule has 0 N–H and O–H groups in total. The number of halogens is 1. The number of nitrogens with zero attached hydrogens (tertiary/aromatic N) is 2. The molecule has 1 aromatic rings. The highest BCUT2D eigenvalue weighted by atomic mass is 79.9. The van der Waals surface area contributed by atoms with Crippen LogP contribution in [0.3, 0.4) is 0 Å². The van der Waals surface area contributed by atoms with E-state index in [0.29, 0.717) is 5.33 Å². The molecule has 1 rings (SSSR count). The van der Waals surface area contributed by atoms with E-state index < -0.39 is 0 Å². The third kappa shape index (κ3) is 1.68.